The quantitative estimate of drug-likeness (QED) is 0.618. The summed E-state index contributed by atoms with van der Waals surface area (Å²) in [4.78, 5) is 25.1. The number of rotatable bonds is 7. The molecule has 0 aliphatic carbocycles. The summed E-state index contributed by atoms with van der Waals surface area (Å²) in [6, 6.07) is 13.7. The fraction of sp³-hybridized carbons (Fsp3) is 0.316. The van der Waals surface area contributed by atoms with E-state index in [0.29, 0.717) is 18.4 Å². The minimum absolute atomic E-state index is 0.0415. The van der Waals surface area contributed by atoms with E-state index in [-0.39, 0.29) is 29.8 Å². The number of aryl methyl sites for hydroxylation is 1. The van der Waals surface area contributed by atoms with Crippen molar-refractivity contribution in [1.29, 1.82) is 0 Å². The zero-order valence-corrected chi connectivity index (χ0v) is 14.4. The van der Waals surface area contributed by atoms with E-state index in [1.807, 2.05) is 37.3 Å². The Bertz CT molecular complexity index is 746. The lowest BCUT2D eigenvalue weighted by Gasteiger charge is -2.28. The van der Waals surface area contributed by atoms with Gasteiger partial charge < -0.3 is 10.0 Å². The Morgan fingerprint density at radius 2 is 1.92 bits per heavy atom. The van der Waals surface area contributed by atoms with Crippen molar-refractivity contribution in [2.75, 3.05) is 13.7 Å². The number of nitro benzene ring substituents is 1. The molecule has 1 amide bonds. The zero-order valence-electron chi connectivity index (χ0n) is 14.4. The van der Waals surface area contributed by atoms with Crippen LogP contribution in [-0.4, -0.2) is 34.5 Å². The van der Waals surface area contributed by atoms with Crippen LogP contribution >= 0.6 is 0 Å². The maximum absolute atomic E-state index is 12.8. The molecule has 0 radical (unpaired) electrons. The van der Waals surface area contributed by atoms with Crippen LogP contribution < -0.4 is 0 Å². The third-order valence-corrected chi connectivity index (χ3v) is 4.28. The molecule has 0 bridgehead atoms. The molecule has 0 aliphatic heterocycles. The molecule has 1 atom stereocenters. The summed E-state index contributed by atoms with van der Waals surface area (Å²) in [5, 5.41) is 20.6. The van der Waals surface area contributed by atoms with Gasteiger partial charge in [-0.1, -0.05) is 43.3 Å². The van der Waals surface area contributed by atoms with Crippen molar-refractivity contribution >= 4 is 11.6 Å². The largest absolute Gasteiger partial charge is 0.396 e. The molecule has 6 heteroatoms. The van der Waals surface area contributed by atoms with Gasteiger partial charge in [0.1, 0.15) is 0 Å². The number of hydrogen-bond donors (Lipinski definition) is 1. The lowest BCUT2D eigenvalue weighted by molar-refractivity contribution is -0.385. The van der Waals surface area contributed by atoms with Crippen molar-refractivity contribution in [2.45, 2.75) is 25.8 Å². The summed E-state index contributed by atoms with van der Waals surface area (Å²) >= 11 is 0. The first-order valence-corrected chi connectivity index (χ1v) is 8.19. The highest BCUT2D eigenvalue weighted by atomic mass is 16.6. The molecule has 0 spiro atoms. The molecule has 6 nitrogen and oxygen atoms in total. The Balaban J connectivity index is 2.34. The number of nitrogens with zero attached hydrogens (tertiary/aromatic N) is 2. The van der Waals surface area contributed by atoms with Gasteiger partial charge >= 0.3 is 0 Å². The number of nitro groups is 1. The molecule has 0 aromatic heterocycles. The second kappa shape index (κ2) is 8.39. The van der Waals surface area contributed by atoms with Gasteiger partial charge in [0, 0.05) is 30.8 Å². The van der Waals surface area contributed by atoms with E-state index >= 15 is 0 Å². The van der Waals surface area contributed by atoms with Gasteiger partial charge in [0.15, 0.2) is 0 Å². The Hall–Kier alpha value is -2.73. The molecule has 0 heterocycles. The highest BCUT2D eigenvalue weighted by molar-refractivity contribution is 5.95. The average molecular weight is 342 g/mol. The van der Waals surface area contributed by atoms with Gasteiger partial charge in [-0.15, -0.1) is 0 Å². The third-order valence-electron chi connectivity index (χ3n) is 4.28. The zero-order chi connectivity index (χ0) is 18.4. The van der Waals surface area contributed by atoms with E-state index in [1.54, 1.807) is 19.2 Å². The van der Waals surface area contributed by atoms with Gasteiger partial charge in [-0.25, -0.2) is 0 Å². The van der Waals surface area contributed by atoms with E-state index in [1.165, 1.54) is 11.0 Å². The summed E-state index contributed by atoms with van der Waals surface area (Å²) in [5.41, 5.74) is 1.73. The first kappa shape index (κ1) is 18.6. The fourth-order valence-electron chi connectivity index (χ4n) is 2.89. The van der Waals surface area contributed by atoms with Gasteiger partial charge in [-0.3, -0.25) is 14.9 Å². The number of amides is 1. The van der Waals surface area contributed by atoms with E-state index in [4.69, 9.17) is 0 Å². The molecule has 1 N–H and O–H groups in total. The minimum Gasteiger partial charge on any atom is -0.396 e. The number of hydrogen-bond acceptors (Lipinski definition) is 4. The summed E-state index contributed by atoms with van der Waals surface area (Å²) in [6.07, 6.45) is 0.916. The number of aliphatic hydroxyl groups is 1. The van der Waals surface area contributed by atoms with Gasteiger partial charge in [-0.05, 0) is 24.5 Å². The smallest absolute Gasteiger partial charge is 0.273 e. The second-order valence-electron chi connectivity index (χ2n) is 5.81. The number of benzene rings is 2. The summed E-state index contributed by atoms with van der Waals surface area (Å²) in [7, 11) is 1.65. The van der Waals surface area contributed by atoms with Crippen molar-refractivity contribution in [1.82, 2.24) is 4.90 Å². The van der Waals surface area contributed by atoms with Gasteiger partial charge in [0.2, 0.25) is 0 Å². The molecule has 0 aliphatic rings. The van der Waals surface area contributed by atoms with Crippen molar-refractivity contribution < 1.29 is 14.8 Å². The van der Waals surface area contributed by atoms with Crippen LogP contribution in [0.4, 0.5) is 5.69 Å². The van der Waals surface area contributed by atoms with Crippen molar-refractivity contribution in [3.05, 3.63) is 75.3 Å². The summed E-state index contributed by atoms with van der Waals surface area (Å²) in [6.45, 7) is 1.77. The normalized spacial score (nSPS) is 11.8. The Morgan fingerprint density at radius 3 is 2.48 bits per heavy atom. The fourth-order valence-corrected chi connectivity index (χ4v) is 2.89. The molecule has 2 rings (SSSR count). The van der Waals surface area contributed by atoms with Crippen LogP contribution in [0.25, 0.3) is 0 Å². The van der Waals surface area contributed by atoms with Crippen LogP contribution in [0.5, 0.6) is 0 Å². The standard InChI is InChI=1S/C19H22N2O4/c1-3-14-9-10-16(13-18(14)21(24)25)19(23)20(2)17(11-12-22)15-7-5-4-6-8-15/h4-10,13,17,22H,3,11-12H2,1-2H3. The summed E-state index contributed by atoms with van der Waals surface area (Å²) < 4.78 is 0. The molecular formula is C19H22N2O4. The molecular weight excluding hydrogens is 320 g/mol. The van der Waals surface area contributed by atoms with Crippen LogP contribution in [-0.2, 0) is 6.42 Å². The Morgan fingerprint density at radius 1 is 1.24 bits per heavy atom. The van der Waals surface area contributed by atoms with E-state index < -0.39 is 4.92 Å². The lowest BCUT2D eigenvalue weighted by atomic mass is 10.0. The Labute approximate surface area is 146 Å². The first-order valence-electron chi connectivity index (χ1n) is 8.19. The van der Waals surface area contributed by atoms with Gasteiger partial charge in [-0.2, -0.15) is 0 Å². The third kappa shape index (κ3) is 4.22. The van der Waals surface area contributed by atoms with Crippen LogP contribution in [0.1, 0.15) is 40.9 Å². The Kier molecular flexibility index (Phi) is 6.25. The highest BCUT2D eigenvalue weighted by Crippen LogP contribution is 2.26. The van der Waals surface area contributed by atoms with Gasteiger partial charge in [0.25, 0.3) is 11.6 Å². The van der Waals surface area contributed by atoms with Crippen LogP contribution in [0, 0.1) is 10.1 Å². The van der Waals surface area contributed by atoms with Crippen LogP contribution in [0.15, 0.2) is 48.5 Å². The predicted octanol–water partition coefficient (Wildman–Crippen LogP) is 3.35. The molecule has 0 saturated carbocycles. The highest BCUT2D eigenvalue weighted by Gasteiger charge is 2.24. The number of carbonyl (C=O) groups excluding carboxylic acids is 1. The number of aliphatic hydroxyl groups excluding tert-OH is 1. The van der Waals surface area contributed by atoms with Gasteiger partial charge in [0.05, 0.1) is 11.0 Å². The van der Waals surface area contributed by atoms with E-state index in [9.17, 15) is 20.0 Å². The molecule has 2 aromatic rings. The monoisotopic (exact) mass is 342 g/mol. The predicted molar refractivity (Wildman–Crippen MR) is 95.5 cm³/mol. The topological polar surface area (TPSA) is 83.7 Å². The van der Waals surface area contributed by atoms with Crippen molar-refractivity contribution in [3.8, 4) is 0 Å². The minimum atomic E-state index is -0.460. The molecule has 25 heavy (non-hydrogen) atoms. The van der Waals surface area contributed by atoms with Crippen molar-refractivity contribution in [3.63, 3.8) is 0 Å². The molecule has 132 valence electrons. The van der Waals surface area contributed by atoms with Crippen molar-refractivity contribution in [2.24, 2.45) is 0 Å². The molecule has 1 unspecified atom stereocenters. The van der Waals surface area contributed by atoms with Crippen LogP contribution in [0.3, 0.4) is 0 Å². The first-order chi connectivity index (χ1) is 12.0. The molecule has 2 aromatic carbocycles. The number of carbonyl (C=O) groups is 1. The molecule has 0 saturated heterocycles. The van der Waals surface area contributed by atoms with E-state index in [2.05, 4.69) is 0 Å². The second-order valence-corrected chi connectivity index (χ2v) is 5.81. The SMILES string of the molecule is CCc1ccc(C(=O)N(C)C(CCO)c2ccccc2)cc1[N+](=O)[O-]. The average Bonchev–Trinajstić information content (AvgIpc) is 2.65. The maximum atomic E-state index is 12.8. The molecule has 0 fully saturated rings. The lowest BCUT2D eigenvalue weighted by Crippen LogP contribution is -2.32. The van der Waals surface area contributed by atoms with E-state index in [0.717, 1.165) is 5.56 Å². The maximum Gasteiger partial charge on any atom is 0.273 e. The summed E-state index contributed by atoms with van der Waals surface area (Å²) in [5.74, 6) is -0.312. The van der Waals surface area contributed by atoms with Crippen LogP contribution in [0.2, 0.25) is 0 Å².